The number of hydrogen-bond acceptors (Lipinski definition) is 5. The maximum atomic E-state index is 9.94. The molecule has 0 bridgehead atoms. The first-order chi connectivity index (χ1) is 4.98. The molecule has 0 atom stereocenters. The first kappa shape index (κ1) is 9.36. The second kappa shape index (κ2) is 3.51. The van der Waals surface area contributed by atoms with Gasteiger partial charge in [-0.05, 0) is 13.8 Å². The van der Waals surface area contributed by atoms with Crippen LogP contribution in [0.3, 0.4) is 0 Å². The summed E-state index contributed by atoms with van der Waals surface area (Å²) in [6, 6.07) is 1.82. The topological polar surface area (TPSA) is 101 Å². The molecule has 0 saturated carbocycles. The normalized spacial score (nSPS) is 11.0. The van der Waals surface area contributed by atoms with E-state index in [2.05, 4.69) is 21.0 Å². The van der Waals surface area contributed by atoms with E-state index >= 15 is 0 Å². The number of hydrogen-bond donors (Lipinski definition) is 1. The van der Waals surface area contributed by atoms with Crippen LogP contribution in [0, 0.1) is 11.3 Å². The standard InChI is InChI=1S/C5H8N4O2/c1-5(2,3-6)8-9-11-4(7)10/h1-2H3,(H2,7,10). The van der Waals surface area contributed by atoms with Crippen molar-refractivity contribution < 1.29 is 9.63 Å². The summed E-state index contributed by atoms with van der Waals surface area (Å²) in [5.41, 5.74) is 3.57. The van der Waals surface area contributed by atoms with E-state index < -0.39 is 11.6 Å². The average molecular weight is 156 g/mol. The minimum Gasteiger partial charge on any atom is -0.333 e. The number of carbonyl (C=O) groups is 1. The van der Waals surface area contributed by atoms with Crippen molar-refractivity contribution in [2.75, 3.05) is 0 Å². The third-order valence-corrected chi connectivity index (χ3v) is 0.695. The van der Waals surface area contributed by atoms with Crippen LogP contribution in [-0.4, -0.2) is 11.6 Å². The molecule has 0 fully saturated rings. The van der Waals surface area contributed by atoms with E-state index in [1.807, 2.05) is 6.07 Å². The van der Waals surface area contributed by atoms with Gasteiger partial charge in [0.05, 0.1) is 6.07 Å². The maximum Gasteiger partial charge on any atom is 0.432 e. The first-order valence-electron chi connectivity index (χ1n) is 2.78. The van der Waals surface area contributed by atoms with E-state index in [9.17, 15) is 4.79 Å². The van der Waals surface area contributed by atoms with Crippen LogP contribution in [0.15, 0.2) is 10.4 Å². The Bertz CT molecular complexity index is 215. The van der Waals surface area contributed by atoms with Crippen LogP contribution in [0.25, 0.3) is 0 Å². The van der Waals surface area contributed by atoms with Crippen LogP contribution in [0.2, 0.25) is 0 Å². The molecule has 0 saturated heterocycles. The molecular formula is C5H8N4O2. The first-order valence-corrected chi connectivity index (χ1v) is 2.78. The zero-order valence-electron chi connectivity index (χ0n) is 6.24. The van der Waals surface area contributed by atoms with Gasteiger partial charge in [0, 0.05) is 5.28 Å². The predicted molar refractivity (Wildman–Crippen MR) is 35.2 cm³/mol. The molecular weight excluding hydrogens is 148 g/mol. The van der Waals surface area contributed by atoms with Gasteiger partial charge in [0.15, 0.2) is 5.54 Å². The smallest absolute Gasteiger partial charge is 0.333 e. The maximum absolute atomic E-state index is 9.94. The number of amides is 1. The van der Waals surface area contributed by atoms with Gasteiger partial charge in [-0.25, -0.2) is 4.79 Å². The van der Waals surface area contributed by atoms with Gasteiger partial charge in [-0.15, -0.1) is 5.11 Å². The van der Waals surface area contributed by atoms with Gasteiger partial charge in [-0.3, -0.25) is 4.84 Å². The van der Waals surface area contributed by atoms with E-state index in [0.29, 0.717) is 0 Å². The van der Waals surface area contributed by atoms with Crippen molar-refractivity contribution in [1.82, 2.24) is 0 Å². The number of carbonyl (C=O) groups excluding carboxylic acids is 1. The lowest BCUT2D eigenvalue weighted by molar-refractivity contribution is 0.148. The Hall–Kier alpha value is -1.64. The van der Waals surface area contributed by atoms with Gasteiger partial charge >= 0.3 is 6.09 Å². The fourth-order valence-corrected chi connectivity index (χ4v) is 0.185. The molecule has 2 N–H and O–H groups in total. The molecule has 60 valence electrons. The van der Waals surface area contributed by atoms with E-state index in [-0.39, 0.29) is 0 Å². The van der Waals surface area contributed by atoms with Gasteiger partial charge in [0.2, 0.25) is 0 Å². The molecule has 0 aliphatic heterocycles. The number of primary amides is 1. The van der Waals surface area contributed by atoms with Crippen molar-refractivity contribution in [1.29, 1.82) is 5.26 Å². The summed E-state index contributed by atoms with van der Waals surface area (Å²) in [5, 5.41) is 14.7. The monoisotopic (exact) mass is 156 g/mol. The number of rotatable bonds is 2. The second-order valence-electron chi connectivity index (χ2n) is 2.26. The highest BCUT2D eigenvalue weighted by atomic mass is 16.7. The molecule has 0 rings (SSSR count). The Balaban J connectivity index is 3.95. The number of nitrogens with zero attached hydrogens (tertiary/aromatic N) is 3. The zero-order chi connectivity index (χ0) is 8.91. The highest BCUT2D eigenvalue weighted by molar-refractivity contribution is 5.64. The van der Waals surface area contributed by atoms with Crippen molar-refractivity contribution in [3.05, 3.63) is 0 Å². The van der Waals surface area contributed by atoms with E-state index in [1.54, 1.807) is 0 Å². The molecule has 0 aliphatic rings. The van der Waals surface area contributed by atoms with Gasteiger partial charge in [-0.2, -0.15) is 5.26 Å². The fraction of sp³-hybridized carbons (Fsp3) is 0.600. The lowest BCUT2D eigenvalue weighted by atomic mass is 10.1. The van der Waals surface area contributed by atoms with Gasteiger partial charge < -0.3 is 5.73 Å². The van der Waals surface area contributed by atoms with E-state index in [0.717, 1.165) is 0 Å². The van der Waals surface area contributed by atoms with E-state index in [1.165, 1.54) is 13.8 Å². The summed E-state index contributed by atoms with van der Waals surface area (Å²) in [5.74, 6) is 0. The Morgan fingerprint density at radius 2 is 2.27 bits per heavy atom. The molecule has 0 aromatic rings. The van der Waals surface area contributed by atoms with Crippen molar-refractivity contribution in [3.8, 4) is 6.07 Å². The minimum atomic E-state index is -1.05. The Kier molecular flexibility index (Phi) is 2.99. The molecule has 0 aromatic heterocycles. The molecule has 11 heavy (non-hydrogen) atoms. The van der Waals surface area contributed by atoms with Crippen molar-refractivity contribution >= 4 is 6.09 Å². The summed E-state index contributed by atoms with van der Waals surface area (Å²) < 4.78 is 0. The SMILES string of the molecule is CC(C)(C#N)N=NOC(N)=O. The van der Waals surface area contributed by atoms with Crippen LogP contribution in [0.5, 0.6) is 0 Å². The lowest BCUT2D eigenvalue weighted by Crippen LogP contribution is -2.13. The Labute approximate surface area is 63.6 Å². The van der Waals surface area contributed by atoms with Crippen molar-refractivity contribution in [3.63, 3.8) is 0 Å². The van der Waals surface area contributed by atoms with Crippen LogP contribution < -0.4 is 5.73 Å². The molecule has 0 aromatic carbocycles. The molecule has 1 amide bonds. The molecule has 0 aliphatic carbocycles. The van der Waals surface area contributed by atoms with Crippen molar-refractivity contribution in [2.45, 2.75) is 19.4 Å². The zero-order valence-corrected chi connectivity index (χ0v) is 6.24. The predicted octanol–water partition coefficient (Wildman–Crippen LogP) is 0.751. The van der Waals surface area contributed by atoms with Gasteiger partial charge in [0.1, 0.15) is 0 Å². The van der Waals surface area contributed by atoms with Crippen LogP contribution in [0.4, 0.5) is 4.79 Å². The molecule has 0 heterocycles. The lowest BCUT2D eigenvalue weighted by Gasteiger charge is -2.03. The van der Waals surface area contributed by atoms with Gasteiger partial charge in [0.25, 0.3) is 0 Å². The highest BCUT2D eigenvalue weighted by Crippen LogP contribution is 2.06. The summed E-state index contributed by atoms with van der Waals surface area (Å²) >= 11 is 0. The molecule has 0 spiro atoms. The quantitative estimate of drug-likeness (QED) is 0.471. The number of nitriles is 1. The van der Waals surface area contributed by atoms with Crippen LogP contribution in [-0.2, 0) is 4.84 Å². The average Bonchev–Trinajstić information content (AvgIpc) is 1.87. The number of nitrogens with two attached hydrogens (primary N) is 1. The fourth-order valence-electron chi connectivity index (χ4n) is 0.185. The Morgan fingerprint density at radius 1 is 1.73 bits per heavy atom. The molecule has 6 heteroatoms. The second-order valence-corrected chi connectivity index (χ2v) is 2.26. The molecule has 6 nitrogen and oxygen atoms in total. The molecule has 0 radical (unpaired) electrons. The Morgan fingerprint density at radius 3 is 2.64 bits per heavy atom. The largest absolute Gasteiger partial charge is 0.432 e. The third kappa shape index (κ3) is 4.84. The summed E-state index contributed by atoms with van der Waals surface area (Å²) in [6.07, 6.45) is -1.05. The molecule has 0 unspecified atom stereocenters. The summed E-state index contributed by atoms with van der Waals surface area (Å²) in [6.45, 7) is 3.03. The summed E-state index contributed by atoms with van der Waals surface area (Å²) in [4.78, 5) is 13.9. The highest BCUT2D eigenvalue weighted by Gasteiger charge is 2.14. The summed E-state index contributed by atoms with van der Waals surface area (Å²) in [7, 11) is 0. The van der Waals surface area contributed by atoms with Crippen LogP contribution >= 0.6 is 0 Å². The van der Waals surface area contributed by atoms with Gasteiger partial charge in [-0.1, -0.05) is 0 Å². The minimum absolute atomic E-state index is 0.991. The van der Waals surface area contributed by atoms with Crippen LogP contribution in [0.1, 0.15) is 13.8 Å². The van der Waals surface area contributed by atoms with E-state index in [4.69, 9.17) is 5.26 Å². The third-order valence-electron chi connectivity index (χ3n) is 0.695. The van der Waals surface area contributed by atoms with Crippen molar-refractivity contribution in [2.24, 2.45) is 16.1 Å².